The molecular formula is C15H18N4OS. The van der Waals surface area contributed by atoms with Crippen molar-refractivity contribution in [3.63, 3.8) is 0 Å². The van der Waals surface area contributed by atoms with Crippen LogP contribution in [0.3, 0.4) is 0 Å². The third kappa shape index (κ3) is 3.28. The van der Waals surface area contributed by atoms with E-state index in [1.807, 2.05) is 31.2 Å². The SMILES string of the molecule is Cc1nnc(-c2cccc(NC(=O)[C@@H]3CC[C@H](N)C3)c2)s1. The number of anilines is 1. The topological polar surface area (TPSA) is 80.9 Å². The van der Waals surface area contributed by atoms with Crippen LogP contribution in [0, 0.1) is 12.8 Å². The van der Waals surface area contributed by atoms with Gasteiger partial charge in [0, 0.05) is 23.2 Å². The van der Waals surface area contributed by atoms with Crippen LogP contribution in [0.5, 0.6) is 0 Å². The average molecular weight is 302 g/mol. The van der Waals surface area contributed by atoms with Gasteiger partial charge in [-0.05, 0) is 38.3 Å². The highest BCUT2D eigenvalue weighted by Gasteiger charge is 2.27. The Labute approximate surface area is 127 Å². The molecule has 3 rings (SSSR count). The predicted molar refractivity (Wildman–Crippen MR) is 84.0 cm³/mol. The van der Waals surface area contributed by atoms with Gasteiger partial charge in [0.1, 0.15) is 10.0 Å². The largest absolute Gasteiger partial charge is 0.328 e. The van der Waals surface area contributed by atoms with Crippen LogP contribution in [-0.4, -0.2) is 22.1 Å². The van der Waals surface area contributed by atoms with Crippen molar-refractivity contribution in [3.05, 3.63) is 29.3 Å². The van der Waals surface area contributed by atoms with Gasteiger partial charge in [0.2, 0.25) is 5.91 Å². The van der Waals surface area contributed by atoms with Crippen molar-refractivity contribution < 1.29 is 4.79 Å². The quantitative estimate of drug-likeness (QED) is 0.913. The van der Waals surface area contributed by atoms with Crippen molar-refractivity contribution in [2.75, 3.05) is 5.32 Å². The Bertz CT molecular complexity index is 655. The molecule has 0 saturated heterocycles. The van der Waals surface area contributed by atoms with E-state index in [1.165, 1.54) is 0 Å². The number of carbonyl (C=O) groups excluding carboxylic acids is 1. The van der Waals surface area contributed by atoms with Crippen LogP contribution in [0.2, 0.25) is 0 Å². The van der Waals surface area contributed by atoms with Crippen LogP contribution in [0.25, 0.3) is 10.6 Å². The van der Waals surface area contributed by atoms with Crippen molar-refractivity contribution in [2.24, 2.45) is 11.7 Å². The van der Waals surface area contributed by atoms with E-state index in [-0.39, 0.29) is 17.9 Å². The lowest BCUT2D eigenvalue weighted by atomic mass is 10.1. The van der Waals surface area contributed by atoms with Crippen LogP contribution in [-0.2, 0) is 4.79 Å². The minimum absolute atomic E-state index is 0.0347. The fraction of sp³-hybridized carbons (Fsp3) is 0.400. The molecule has 2 atom stereocenters. The molecule has 1 aliphatic rings. The van der Waals surface area contributed by atoms with Gasteiger partial charge in [0.15, 0.2) is 0 Å². The Kier molecular flexibility index (Phi) is 3.98. The maximum Gasteiger partial charge on any atom is 0.227 e. The van der Waals surface area contributed by atoms with Gasteiger partial charge in [-0.15, -0.1) is 10.2 Å². The average Bonchev–Trinajstić information content (AvgIpc) is 3.08. The molecule has 0 spiro atoms. The number of nitrogens with one attached hydrogen (secondary N) is 1. The van der Waals surface area contributed by atoms with E-state index in [1.54, 1.807) is 11.3 Å². The Hall–Kier alpha value is -1.79. The van der Waals surface area contributed by atoms with Gasteiger partial charge in [-0.25, -0.2) is 0 Å². The number of nitrogens with zero attached hydrogens (tertiary/aromatic N) is 2. The molecule has 0 aliphatic heterocycles. The molecule has 110 valence electrons. The smallest absolute Gasteiger partial charge is 0.227 e. The van der Waals surface area contributed by atoms with Crippen molar-refractivity contribution >= 4 is 22.9 Å². The summed E-state index contributed by atoms with van der Waals surface area (Å²) in [6.07, 6.45) is 2.59. The van der Waals surface area contributed by atoms with Gasteiger partial charge in [0.05, 0.1) is 0 Å². The van der Waals surface area contributed by atoms with E-state index in [0.717, 1.165) is 40.5 Å². The Morgan fingerprint density at radius 2 is 2.24 bits per heavy atom. The number of carbonyl (C=O) groups is 1. The number of aromatic nitrogens is 2. The van der Waals surface area contributed by atoms with Gasteiger partial charge in [-0.2, -0.15) is 0 Å². The number of rotatable bonds is 3. The zero-order valence-electron chi connectivity index (χ0n) is 11.9. The van der Waals surface area contributed by atoms with E-state index in [0.29, 0.717) is 0 Å². The summed E-state index contributed by atoms with van der Waals surface area (Å²) in [6, 6.07) is 7.89. The molecule has 3 N–H and O–H groups in total. The van der Waals surface area contributed by atoms with E-state index >= 15 is 0 Å². The van der Waals surface area contributed by atoms with Crippen LogP contribution in [0.4, 0.5) is 5.69 Å². The minimum atomic E-state index is 0.0347. The molecule has 1 aliphatic carbocycles. The molecule has 1 fully saturated rings. The zero-order valence-corrected chi connectivity index (χ0v) is 12.7. The van der Waals surface area contributed by atoms with Crippen LogP contribution < -0.4 is 11.1 Å². The standard InChI is InChI=1S/C15H18N4OS/c1-9-18-19-15(21-9)11-3-2-4-13(8-11)17-14(20)10-5-6-12(16)7-10/h2-4,8,10,12H,5-7,16H2,1H3,(H,17,20)/t10-,12+/m1/s1. The van der Waals surface area contributed by atoms with Crippen molar-refractivity contribution in [3.8, 4) is 10.6 Å². The van der Waals surface area contributed by atoms with Gasteiger partial charge in [0.25, 0.3) is 0 Å². The summed E-state index contributed by atoms with van der Waals surface area (Å²) >= 11 is 1.54. The highest BCUT2D eigenvalue weighted by molar-refractivity contribution is 7.14. The Morgan fingerprint density at radius 3 is 2.90 bits per heavy atom. The summed E-state index contributed by atoms with van der Waals surface area (Å²) < 4.78 is 0. The van der Waals surface area contributed by atoms with E-state index in [2.05, 4.69) is 15.5 Å². The molecule has 5 nitrogen and oxygen atoms in total. The van der Waals surface area contributed by atoms with Gasteiger partial charge in [-0.3, -0.25) is 4.79 Å². The van der Waals surface area contributed by atoms with Crippen molar-refractivity contribution in [1.29, 1.82) is 0 Å². The zero-order chi connectivity index (χ0) is 14.8. The maximum absolute atomic E-state index is 12.2. The lowest BCUT2D eigenvalue weighted by molar-refractivity contribution is -0.119. The fourth-order valence-electron chi connectivity index (χ4n) is 2.64. The predicted octanol–water partition coefficient (Wildman–Crippen LogP) is 2.58. The summed E-state index contributed by atoms with van der Waals surface area (Å²) in [6.45, 7) is 1.93. The molecule has 21 heavy (non-hydrogen) atoms. The summed E-state index contributed by atoms with van der Waals surface area (Å²) in [5, 5.41) is 12.9. The Morgan fingerprint density at radius 1 is 1.38 bits per heavy atom. The molecule has 1 amide bonds. The molecule has 6 heteroatoms. The molecule has 0 unspecified atom stereocenters. The maximum atomic E-state index is 12.2. The third-order valence-electron chi connectivity index (χ3n) is 3.75. The lowest BCUT2D eigenvalue weighted by Gasteiger charge is -2.11. The molecule has 1 aromatic carbocycles. The molecule has 1 aromatic heterocycles. The minimum Gasteiger partial charge on any atom is -0.328 e. The molecule has 0 bridgehead atoms. The number of nitrogens with two attached hydrogens (primary N) is 1. The van der Waals surface area contributed by atoms with E-state index < -0.39 is 0 Å². The number of hydrogen-bond acceptors (Lipinski definition) is 5. The van der Waals surface area contributed by atoms with Crippen molar-refractivity contribution in [1.82, 2.24) is 10.2 Å². The third-order valence-corrected chi connectivity index (χ3v) is 4.63. The lowest BCUT2D eigenvalue weighted by Crippen LogP contribution is -2.23. The second kappa shape index (κ2) is 5.91. The van der Waals surface area contributed by atoms with Crippen LogP contribution in [0.15, 0.2) is 24.3 Å². The summed E-state index contributed by atoms with van der Waals surface area (Å²) in [4.78, 5) is 12.2. The second-order valence-electron chi connectivity index (χ2n) is 5.47. The number of amides is 1. The number of hydrogen-bond donors (Lipinski definition) is 2. The highest BCUT2D eigenvalue weighted by atomic mass is 32.1. The summed E-state index contributed by atoms with van der Waals surface area (Å²) in [5.41, 5.74) is 7.64. The fourth-order valence-corrected chi connectivity index (χ4v) is 3.33. The monoisotopic (exact) mass is 302 g/mol. The first-order chi connectivity index (χ1) is 10.1. The summed E-state index contributed by atoms with van der Waals surface area (Å²) in [5.74, 6) is 0.0981. The first-order valence-corrected chi connectivity index (χ1v) is 7.90. The van der Waals surface area contributed by atoms with Gasteiger partial charge in [-0.1, -0.05) is 23.5 Å². The molecule has 2 aromatic rings. The van der Waals surface area contributed by atoms with E-state index in [4.69, 9.17) is 5.73 Å². The van der Waals surface area contributed by atoms with Gasteiger partial charge < -0.3 is 11.1 Å². The first kappa shape index (κ1) is 14.2. The number of benzene rings is 1. The van der Waals surface area contributed by atoms with Gasteiger partial charge >= 0.3 is 0 Å². The van der Waals surface area contributed by atoms with E-state index in [9.17, 15) is 4.79 Å². The molecular weight excluding hydrogens is 284 g/mol. The van der Waals surface area contributed by atoms with Crippen molar-refractivity contribution in [2.45, 2.75) is 32.2 Å². The number of aryl methyl sites for hydroxylation is 1. The van der Waals surface area contributed by atoms with Crippen LogP contribution in [0.1, 0.15) is 24.3 Å². The molecule has 1 saturated carbocycles. The highest BCUT2D eigenvalue weighted by Crippen LogP contribution is 2.28. The first-order valence-electron chi connectivity index (χ1n) is 7.09. The second-order valence-corrected chi connectivity index (χ2v) is 6.65. The molecule has 0 radical (unpaired) electrons. The van der Waals surface area contributed by atoms with Crippen LogP contribution >= 0.6 is 11.3 Å². The molecule has 1 heterocycles. The summed E-state index contributed by atoms with van der Waals surface area (Å²) in [7, 11) is 0. The normalized spacial score (nSPS) is 21.4. The Balaban J connectivity index is 1.73.